The molecule has 22 heavy (non-hydrogen) atoms. The van der Waals surface area contributed by atoms with Crippen LogP contribution >= 0.6 is 0 Å². The number of rotatable bonds is 11. The summed E-state index contributed by atoms with van der Waals surface area (Å²) in [4.78, 5) is 22.4. The minimum absolute atomic E-state index is 0. The Morgan fingerprint density at radius 1 is 1.18 bits per heavy atom. The molecule has 2 N–H and O–H groups in total. The second-order valence-electron chi connectivity index (χ2n) is 5.40. The van der Waals surface area contributed by atoms with E-state index in [1.807, 2.05) is 6.08 Å². The molecule has 0 saturated carbocycles. The fourth-order valence-electron chi connectivity index (χ4n) is 2.29. The van der Waals surface area contributed by atoms with Crippen LogP contribution in [0.15, 0.2) is 12.2 Å². The summed E-state index contributed by atoms with van der Waals surface area (Å²) < 4.78 is -0.470. The Labute approximate surface area is 144 Å². The maximum absolute atomic E-state index is 11.2. The molecule has 3 atom stereocenters. The van der Waals surface area contributed by atoms with Gasteiger partial charge in [-0.2, -0.15) is 0 Å². The molecular formula is C15H27LiNO5+. The molecule has 0 fully saturated rings. The molecule has 3 unspecified atom stereocenters. The molecule has 0 bridgehead atoms. The van der Waals surface area contributed by atoms with Gasteiger partial charge in [-0.25, -0.2) is 4.79 Å². The van der Waals surface area contributed by atoms with Crippen molar-refractivity contribution in [3.63, 3.8) is 0 Å². The maximum atomic E-state index is 11.2. The van der Waals surface area contributed by atoms with Crippen LogP contribution in [0.1, 0.15) is 46.5 Å². The molecule has 0 aliphatic carbocycles. The van der Waals surface area contributed by atoms with E-state index in [2.05, 4.69) is 6.92 Å². The van der Waals surface area contributed by atoms with E-state index >= 15 is 0 Å². The molecule has 0 aromatic carbocycles. The number of unbranched alkanes of at least 4 members (excludes halogenated alkanes) is 3. The summed E-state index contributed by atoms with van der Waals surface area (Å²) in [6.45, 7) is 4.46. The molecule has 0 amide bonds. The Kier molecular flexibility index (Phi) is 12.5. The second kappa shape index (κ2) is 11.7. The monoisotopic (exact) mass is 308 g/mol. The molecule has 0 spiro atoms. The molecule has 0 radical (unpaired) electrons. The van der Waals surface area contributed by atoms with Crippen molar-refractivity contribution >= 4 is 11.9 Å². The predicted molar refractivity (Wildman–Crippen MR) is 77.1 cm³/mol. The first kappa shape index (κ1) is 23.5. The van der Waals surface area contributed by atoms with Crippen LogP contribution in [0.25, 0.3) is 0 Å². The van der Waals surface area contributed by atoms with Gasteiger partial charge in [0.15, 0.2) is 12.8 Å². The van der Waals surface area contributed by atoms with Crippen LogP contribution in [0.5, 0.6) is 0 Å². The summed E-state index contributed by atoms with van der Waals surface area (Å²) in [5.74, 6) is -2.51. The summed E-state index contributed by atoms with van der Waals surface area (Å²) in [6.07, 6.45) is 7.80. The standard InChI is InChI=1S/C15H27NO5.Li/c1-4-5-6-7-8-9-10-16(11-17,12(2)14(18)19)13(3)15(20)21;/h8-9,12-13,17H,4-7,10-11H2,1-3H3,(H-,18,19,20,21);/q;+1/b9-8+;. The first-order valence-electron chi connectivity index (χ1n) is 7.39. The summed E-state index contributed by atoms with van der Waals surface area (Å²) >= 11 is 0. The van der Waals surface area contributed by atoms with E-state index in [4.69, 9.17) is 0 Å². The van der Waals surface area contributed by atoms with Gasteiger partial charge in [-0.15, -0.1) is 0 Å². The Morgan fingerprint density at radius 2 is 1.77 bits per heavy atom. The molecule has 0 aliphatic rings. The van der Waals surface area contributed by atoms with Crippen molar-refractivity contribution in [2.75, 3.05) is 13.3 Å². The van der Waals surface area contributed by atoms with Crippen molar-refractivity contribution in [1.29, 1.82) is 0 Å². The molecule has 0 aromatic rings. The number of aliphatic hydroxyl groups excluding tert-OH is 1. The van der Waals surface area contributed by atoms with Gasteiger partial charge in [-0.3, -0.25) is 4.48 Å². The van der Waals surface area contributed by atoms with Gasteiger partial charge in [-0.05, 0) is 32.8 Å². The van der Waals surface area contributed by atoms with Crippen molar-refractivity contribution in [2.45, 2.75) is 58.5 Å². The molecule has 0 saturated heterocycles. The topological polar surface area (TPSA) is 97.7 Å². The minimum Gasteiger partial charge on any atom is -0.544 e. The van der Waals surface area contributed by atoms with Crippen LogP contribution < -0.4 is 24.0 Å². The number of allylic oxidation sites excluding steroid dienone is 1. The fraction of sp³-hybridized carbons (Fsp3) is 0.733. The fourth-order valence-corrected chi connectivity index (χ4v) is 2.29. The Balaban J connectivity index is 0. The SMILES string of the molecule is CCCCC/C=C/C[N+](CO)(C(C)C(=O)[O-])C(C)C(=O)O.[Li+]. The third-order valence-electron chi connectivity index (χ3n) is 4.09. The van der Waals surface area contributed by atoms with Crippen molar-refractivity contribution in [3.05, 3.63) is 12.2 Å². The number of aliphatic hydroxyl groups is 1. The zero-order valence-corrected chi connectivity index (χ0v) is 14.1. The first-order valence-corrected chi connectivity index (χ1v) is 7.39. The Morgan fingerprint density at radius 3 is 2.18 bits per heavy atom. The number of nitrogens with zero attached hydrogens (tertiary/aromatic N) is 1. The van der Waals surface area contributed by atoms with E-state index in [9.17, 15) is 24.9 Å². The molecule has 0 aromatic heterocycles. The summed E-state index contributed by atoms with van der Waals surface area (Å²) in [7, 11) is 0. The van der Waals surface area contributed by atoms with E-state index in [1.165, 1.54) is 13.8 Å². The molecule has 0 aliphatic heterocycles. The molecule has 7 heteroatoms. The average molecular weight is 308 g/mol. The number of aliphatic carboxylic acids is 2. The summed E-state index contributed by atoms with van der Waals surface area (Å²) in [5, 5.41) is 30.0. The number of quaternary nitrogens is 1. The number of carboxylic acid groups (broad SMARTS) is 2. The van der Waals surface area contributed by atoms with Gasteiger partial charge in [0.1, 0.15) is 12.6 Å². The summed E-state index contributed by atoms with van der Waals surface area (Å²) in [6, 6.07) is -2.15. The van der Waals surface area contributed by atoms with Crippen molar-refractivity contribution < 1.29 is 48.3 Å². The number of hydrogen-bond donors (Lipinski definition) is 2. The molecular weight excluding hydrogens is 281 g/mol. The van der Waals surface area contributed by atoms with Gasteiger partial charge < -0.3 is 20.1 Å². The number of carbonyl (C=O) groups excluding carboxylic acids is 1. The third kappa shape index (κ3) is 6.53. The van der Waals surface area contributed by atoms with E-state index in [1.54, 1.807) is 6.08 Å². The Bertz CT molecular complexity index is 353. The van der Waals surface area contributed by atoms with Crippen LogP contribution in [0, 0.1) is 0 Å². The quantitative estimate of drug-likeness (QED) is 0.145. The van der Waals surface area contributed by atoms with E-state index in [0.717, 1.165) is 25.7 Å². The van der Waals surface area contributed by atoms with Gasteiger partial charge in [0.25, 0.3) is 0 Å². The van der Waals surface area contributed by atoms with Gasteiger partial charge in [0.05, 0.1) is 5.97 Å². The molecule has 0 rings (SSSR count). The average Bonchev–Trinajstić information content (AvgIpc) is 2.45. The minimum atomic E-state index is -1.36. The first-order chi connectivity index (χ1) is 9.83. The van der Waals surface area contributed by atoms with Crippen LogP contribution in [-0.2, 0) is 9.59 Å². The zero-order chi connectivity index (χ0) is 16.5. The number of hydrogen-bond acceptors (Lipinski definition) is 4. The van der Waals surface area contributed by atoms with E-state index < -0.39 is 35.2 Å². The molecule has 122 valence electrons. The van der Waals surface area contributed by atoms with Crippen LogP contribution in [0.2, 0.25) is 0 Å². The molecule has 6 nitrogen and oxygen atoms in total. The third-order valence-corrected chi connectivity index (χ3v) is 4.09. The normalized spacial score (nSPS) is 16.5. The van der Waals surface area contributed by atoms with Gasteiger partial charge in [0, 0.05) is 0 Å². The Hall–Kier alpha value is -0.803. The molecule has 0 heterocycles. The predicted octanol–water partition coefficient (Wildman–Crippen LogP) is -2.49. The van der Waals surface area contributed by atoms with Crippen LogP contribution in [-0.4, -0.2) is 52.0 Å². The van der Waals surface area contributed by atoms with Crippen molar-refractivity contribution in [1.82, 2.24) is 0 Å². The maximum Gasteiger partial charge on any atom is 1.00 e. The largest absolute Gasteiger partial charge is 1.00 e. The second-order valence-corrected chi connectivity index (χ2v) is 5.40. The number of carboxylic acids is 2. The van der Waals surface area contributed by atoms with Crippen molar-refractivity contribution in [3.8, 4) is 0 Å². The van der Waals surface area contributed by atoms with Crippen LogP contribution in [0.4, 0.5) is 0 Å². The zero-order valence-electron chi connectivity index (χ0n) is 14.1. The van der Waals surface area contributed by atoms with E-state index in [0.29, 0.717) is 0 Å². The summed E-state index contributed by atoms with van der Waals surface area (Å²) in [5.41, 5.74) is 0. The van der Waals surface area contributed by atoms with Crippen LogP contribution in [0.3, 0.4) is 0 Å². The van der Waals surface area contributed by atoms with Crippen molar-refractivity contribution in [2.24, 2.45) is 0 Å². The van der Waals surface area contributed by atoms with Gasteiger partial charge >= 0.3 is 24.8 Å². The van der Waals surface area contributed by atoms with Gasteiger partial charge in [0.2, 0.25) is 0 Å². The smallest absolute Gasteiger partial charge is 0.544 e. The number of carbonyl (C=O) groups is 2. The van der Waals surface area contributed by atoms with E-state index in [-0.39, 0.29) is 25.4 Å². The van der Waals surface area contributed by atoms with Gasteiger partial charge in [-0.1, -0.05) is 25.8 Å².